The Balaban J connectivity index is 1.42. The summed E-state index contributed by atoms with van der Waals surface area (Å²) in [7, 11) is 0. The molecule has 4 rings (SSSR count). The average Bonchev–Trinajstić information content (AvgIpc) is 3.39. The Morgan fingerprint density at radius 3 is 2.55 bits per heavy atom. The summed E-state index contributed by atoms with van der Waals surface area (Å²) in [6.45, 7) is 1.12. The van der Waals surface area contributed by atoms with Crippen molar-refractivity contribution in [3.8, 4) is 0 Å². The Bertz CT molecular complexity index is 1150. The van der Waals surface area contributed by atoms with Crippen LogP contribution in [0.1, 0.15) is 20.8 Å². The molecule has 148 valence electrons. The Hall–Kier alpha value is -2.13. The number of anilines is 1. The van der Waals surface area contributed by atoms with Crippen LogP contribution in [0.15, 0.2) is 58.8 Å². The van der Waals surface area contributed by atoms with Crippen molar-refractivity contribution in [2.45, 2.75) is 13.1 Å². The van der Waals surface area contributed by atoms with Gasteiger partial charge < -0.3 is 5.32 Å². The van der Waals surface area contributed by atoms with Gasteiger partial charge >= 0.3 is 0 Å². The first-order chi connectivity index (χ1) is 14.0. The smallest absolute Gasteiger partial charge is 0.266 e. The number of nitrogens with zero attached hydrogens (tertiary/aromatic N) is 4. The van der Waals surface area contributed by atoms with Crippen LogP contribution in [0.2, 0.25) is 10.0 Å². The normalized spacial score (nSPS) is 11.0. The fourth-order valence-corrected chi connectivity index (χ4v) is 4.19. The number of thiophene rings is 1. The third-order valence-electron chi connectivity index (χ3n) is 4.03. The number of hydrogen-bond donors (Lipinski definition) is 1. The standard InChI is InChI=1S/C19H14BrCl2N5OS/c20-16-10-27(7-12-1-3-14(21)4-2-12)25-18(16)24-19(28)17-5-13(11-29-17)8-26-9-15(22)6-23-26/h1-6,9-11H,7-8H2,(H,24,25,28). The molecule has 1 N–H and O–H groups in total. The topological polar surface area (TPSA) is 64.7 Å². The molecule has 0 unspecified atom stereocenters. The summed E-state index contributed by atoms with van der Waals surface area (Å²) in [5.41, 5.74) is 2.04. The zero-order valence-corrected chi connectivity index (χ0v) is 18.8. The number of aromatic nitrogens is 4. The Morgan fingerprint density at radius 2 is 1.83 bits per heavy atom. The van der Waals surface area contributed by atoms with Crippen molar-refractivity contribution in [3.05, 3.63) is 84.8 Å². The van der Waals surface area contributed by atoms with Crippen molar-refractivity contribution < 1.29 is 4.79 Å². The summed E-state index contributed by atoms with van der Waals surface area (Å²) in [5.74, 6) is 0.259. The van der Waals surface area contributed by atoms with E-state index in [0.717, 1.165) is 11.1 Å². The van der Waals surface area contributed by atoms with Crippen LogP contribution >= 0.6 is 50.5 Å². The van der Waals surface area contributed by atoms with Gasteiger partial charge in [0.05, 0.1) is 33.7 Å². The zero-order chi connectivity index (χ0) is 20.4. The highest BCUT2D eigenvalue weighted by molar-refractivity contribution is 9.10. The highest BCUT2D eigenvalue weighted by Crippen LogP contribution is 2.23. The van der Waals surface area contributed by atoms with Crippen LogP contribution in [-0.2, 0) is 13.1 Å². The number of hydrogen-bond acceptors (Lipinski definition) is 4. The molecule has 0 atom stereocenters. The molecule has 0 aliphatic rings. The first-order valence-corrected chi connectivity index (χ1v) is 10.9. The number of rotatable bonds is 6. The summed E-state index contributed by atoms with van der Waals surface area (Å²) >= 11 is 16.6. The number of carbonyl (C=O) groups excluding carboxylic acids is 1. The second kappa shape index (κ2) is 8.71. The lowest BCUT2D eigenvalue weighted by atomic mass is 10.2. The number of carbonyl (C=O) groups is 1. The van der Waals surface area contributed by atoms with Crippen LogP contribution in [0.3, 0.4) is 0 Å². The van der Waals surface area contributed by atoms with Crippen LogP contribution in [0, 0.1) is 0 Å². The third-order valence-corrected chi connectivity index (χ3v) is 6.04. The maximum Gasteiger partial charge on any atom is 0.266 e. The summed E-state index contributed by atoms with van der Waals surface area (Å²) in [6, 6.07) is 9.40. The average molecular weight is 511 g/mol. The molecule has 10 heteroatoms. The van der Waals surface area contributed by atoms with Crippen molar-refractivity contribution in [2.75, 3.05) is 5.32 Å². The largest absolute Gasteiger partial charge is 0.303 e. The summed E-state index contributed by atoms with van der Waals surface area (Å²) < 4.78 is 4.19. The van der Waals surface area contributed by atoms with Gasteiger partial charge in [0.25, 0.3) is 5.91 Å². The molecule has 1 amide bonds. The lowest BCUT2D eigenvalue weighted by Crippen LogP contribution is -2.12. The molecule has 0 fully saturated rings. The maximum atomic E-state index is 12.6. The van der Waals surface area contributed by atoms with E-state index in [1.54, 1.807) is 21.8 Å². The molecule has 0 aliphatic carbocycles. The molecule has 0 bridgehead atoms. The Morgan fingerprint density at radius 1 is 1.07 bits per heavy atom. The third kappa shape index (κ3) is 5.08. The molecule has 3 aromatic heterocycles. The first-order valence-electron chi connectivity index (χ1n) is 8.50. The van der Waals surface area contributed by atoms with Crippen LogP contribution in [0.4, 0.5) is 5.82 Å². The van der Waals surface area contributed by atoms with E-state index in [4.69, 9.17) is 23.2 Å². The van der Waals surface area contributed by atoms with Gasteiger partial charge in [0.1, 0.15) is 0 Å². The minimum Gasteiger partial charge on any atom is -0.303 e. The minimum atomic E-state index is -0.211. The van der Waals surface area contributed by atoms with Crippen molar-refractivity contribution in [2.24, 2.45) is 0 Å². The predicted molar refractivity (Wildman–Crippen MR) is 119 cm³/mol. The summed E-state index contributed by atoms with van der Waals surface area (Å²) in [4.78, 5) is 13.2. The number of benzene rings is 1. The lowest BCUT2D eigenvalue weighted by molar-refractivity contribution is 0.103. The van der Waals surface area contributed by atoms with Gasteiger partial charge in [-0.3, -0.25) is 14.2 Å². The van der Waals surface area contributed by atoms with Gasteiger partial charge in [-0.1, -0.05) is 35.3 Å². The van der Waals surface area contributed by atoms with Crippen LogP contribution in [0.5, 0.6) is 0 Å². The zero-order valence-electron chi connectivity index (χ0n) is 14.8. The van der Waals surface area contributed by atoms with Gasteiger partial charge in [-0.05, 0) is 50.6 Å². The van der Waals surface area contributed by atoms with Crippen LogP contribution in [0.25, 0.3) is 0 Å². The van der Waals surface area contributed by atoms with Crippen molar-refractivity contribution >= 4 is 62.2 Å². The molecular formula is C19H14BrCl2N5OS. The van der Waals surface area contributed by atoms with Crippen molar-refractivity contribution in [3.63, 3.8) is 0 Å². The van der Waals surface area contributed by atoms with Crippen molar-refractivity contribution in [1.29, 1.82) is 0 Å². The molecule has 0 saturated carbocycles. The minimum absolute atomic E-state index is 0.211. The molecule has 1 aromatic carbocycles. The predicted octanol–water partition coefficient (Wildman–Crippen LogP) is 5.56. The number of halogens is 3. The van der Waals surface area contributed by atoms with E-state index in [0.29, 0.717) is 38.3 Å². The Labute approximate surface area is 189 Å². The van der Waals surface area contributed by atoms with Gasteiger partial charge in [-0.2, -0.15) is 10.2 Å². The highest BCUT2D eigenvalue weighted by Gasteiger charge is 2.14. The van der Waals surface area contributed by atoms with Gasteiger partial charge in [-0.15, -0.1) is 11.3 Å². The molecule has 0 saturated heterocycles. The highest BCUT2D eigenvalue weighted by atomic mass is 79.9. The maximum absolute atomic E-state index is 12.6. The second-order valence-electron chi connectivity index (χ2n) is 6.28. The monoisotopic (exact) mass is 509 g/mol. The summed E-state index contributed by atoms with van der Waals surface area (Å²) in [6.07, 6.45) is 5.15. The van der Waals surface area contributed by atoms with E-state index in [1.807, 2.05) is 41.9 Å². The van der Waals surface area contributed by atoms with E-state index in [9.17, 15) is 4.79 Å². The fourth-order valence-electron chi connectivity index (χ4n) is 2.70. The van der Waals surface area contributed by atoms with Gasteiger partial charge in [0, 0.05) is 17.4 Å². The molecule has 0 aliphatic heterocycles. The second-order valence-corrected chi connectivity index (χ2v) is 8.92. The van der Waals surface area contributed by atoms with E-state index < -0.39 is 0 Å². The molecule has 0 radical (unpaired) electrons. The quantitative estimate of drug-likeness (QED) is 0.369. The fraction of sp³-hybridized carbons (Fsp3) is 0.105. The lowest BCUT2D eigenvalue weighted by Gasteiger charge is -2.02. The molecular weight excluding hydrogens is 497 g/mol. The van der Waals surface area contributed by atoms with Gasteiger partial charge in [-0.25, -0.2) is 0 Å². The molecule has 3 heterocycles. The molecule has 4 aromatic rings. The summed E-state index contributed by atoms with van der Waals surface area (Å²) in [5, 5.41) is 14.7. The number of nitrogens with one attached hydrogen (secondary N) is 1. The first kappa shape index (κ1) is 20.2. The van der Waals surface area contributed by atoms with E-state index in [2.05, 4.69) is 31.4 Å². The van der Waals surface area contributed by atoms with Gasteiger partial charge in [0.15, 0.2) is 5.82 Å². The van der Waals surface area contributed by atoms with Gasteiger partial charge in [0.2, 0.25) is 0 Å². The Kier molecular flexibility index (Phi) is 6.05. The van der Waals surface area contributed by atoms with E-state index in [1.165, 1.54) is 11.3 Å². The van der Waals surface area contributed by atoms with Crippen molar-refractivity contribution in [1.82, 2.24) is 19.6 Å². The molecule has 6 nitrogen and oxygen atoms in total. The van der Waals surface area contributed by atoms with E-state index >= 15 is 0 Å². The van der Waals surface area contributed by atoms with Crippen LogP contribution < -0.4 is 5.32 Å². The van der Waals surface area contributed by atoms with E-state index in [-0.39, 0.29) is 5.91 Å². The van der Waals surface area contributed by atoms with Crippen LogP contribution in [-0.4, -0.2) is 25.5 Å². The molecule has 29 heavy (non-hydrogen) atoms. The SMILES string of the molecule is O=C(Nc1nn(Cc2ccc(Cl)cc2)cc1Br)c1cc(Cn2cc(Cl)cn2)cs1. The number of amides is 1. The molecule has 0 spiro atoms.